The summed E-state index contributed by atoms with van der Waals surface area (Å²) in [6, 6.07) is 6.42. The van der Waals surface area contributed by atoms with Gasteiger partial charge in [-0.25, -0.2) is 9.97 Å². The van der Waals surface area contributed by atoms with E-state index in [9.17, 15) is 5.11 Å². The first kappa shape index (κ1) is 18.3. The van der Waals surface area contributed by atoms with Gasteiger partial charge in [-0.1, -0.05) is 23.0 Å². The number of aliphatic hydroxyl groups is 1. The van der Waals surface area contributed by atoms with Crippen molar-refractivity contribution >= 4 is 39.0 Å². The van der Waals surface area contributed by atoms with Crippen molar-refractivity contribution in [2.24, 2.45) is 5.92 Å². The number of hydrogen-bond acceptors (Lipinski definition) is 7. The summed E-state index contributed by atoms with van der Waals surface area (Å²) in [6.07, 6.45) is 13.8. The molecule has 4 aliphatic rings. The molecule has 2 bridgehead atoms. The Morgan fingerprint density at radius 1 is 1.23 bits per heavy atom. The Morgan fingerprint density at radius 3 is 3.00 bits per heavy atom. The molecule has 154 valence electrons. The van der Waals surface area contributed by atoms with Crippen molar-refractivity contribution in [2.75, 3.05) is 10.6 Å². The lowest BCUT2D eigenvalue weighted by atomic mass is 9.91. The second-order valence-corrected chi connectivity index (χ2v) is 9.93. The molecule has 3 aromatic heterocycles. The summed E-state index contributed by atoms with van der Waals surface area (Å²) in [5.74, 6) is 2.39. The topological polar surface area (TPSA) is 83.0 Å². The number of allylic oxidation sites excluding steroid dienone is 1. The van der Waals surface area contributed by atoms with Gasteiger partial charge in [0.1, 0.15) is 17.2 Å². The van der Waals surface area contributed by atoms with E-state index in [1.807, 2.05) is 18.3 Å². The van der Waals surface area contributed by atoms with E-state index in [0.717, 1.165) is 57.7 Å². The lowest BCUT2D eigenvalue weighted by molar-refractivity contribution is 0.155. The Bertz CT molecular complexity index is 1140. The van der Waals surface area contributed by atoms with Crippen LogP contribution in [-0.4, -0.2) is 26.1 Å². The van der Waals surface area contributed by atoms with Gasteiger partial charge in [0.25, 0.3) is 0 Å². The minimum Gasteiger partial charge on any atom is -0.384 e. The summed E-state index contributed by atoms with van der Waals surface area (Å²) in [4.78, 5) is 14.8. The second kappa shape index (κ2) is 7.03. The molecule has 2 fully saturated rings. The molecule has 2 unspecified atom stereocenters. The average Bonchev–Trinajstić information content (AvgIpc) is 3.43. The van der Waals surface area contributed by atoms with Crippen LogP contribution >= 0.6 is 11.3 Å². The fourth-order valence-electron chi connectivity index (χ4n) is 4.72. The lowest BCUT2D eigenvalue weighted by Gasteiger charge is -2.21. The fourth-order valence-corrected chi connectivity index (χ4v) is 5.69. The van der Waals surface area contributed by atoms with Crippen molar-refractivity contribution in [3.8, 4) is 0 Å². The van der Waals surface area contributed by atoms with Gasteiger partial charge in [-0.05, 0) is 63.0 Å². The normalized spacial score (nSPS) is 24.4. The van der Waals surface area contributed by atoms with E-state index in [0.29, 0.717) is 6.04 Å². The molecular weight excluding hydrogens is 394 g/mol. The highest BCUT2D eigenvalue weighted by Crippen LogP contribution is 2.48. The van der Waals surface area contributed by atoms with Crippen LogP contribution < -0.4 is 10.6 Å². The molecule has 0 radical (unpaired) electrons. The minimum atomic E-state index is -0.657. The standard InChI is InChI=1S/C23H25N5OS/c29-23(7-8-23)19-13-25-22(30-19)28-20-12-18-17(2-1-9-24-18)21(27-20)26-16-10-14-3-4-15(11-16)6-5-14/h1-3,9,12-13,15-16,29H,4-8,10-11H2,(H2,25,26,27,28). The summed E-state index contributed by atoms with van der Waals surface area (Å²) in [5, 5.41) is 19.2. The van der Waals surface area contributed by atoms with Crippen molar-refractivity contribution in [1.29, 1.82) is 0 Å². The average molecular weight is 420 g/mol. The van der Waals surface area contributed by atoms with Gasteiger partial charge >= 0.3 is 0 Å². The SMILES string of the molecule is OC1(c2cnc(Nc3cc4ncccc4c(NC4CC5=CCC(CC5)C4)n3)s2)CC1. The molecule has 7 heteroatoms. The van der Waals surface area contributed by atoms with Crippen LogP contribution in [0.4, 0.5) is 16.8 Å². The molecule has 7 rings (SSSR count). The maximum absolute atomic E-state index is 10.3. The third kappa shape index (κ3) is 3.46. The summed E-state index contributed by atoms with van der Waals surface area (Å²) >= 11 is 1.50. The van der Waals surface area contributed by atoms with Gasteiger partial charge in [0.2, 0.25) is 0 Å². The molecule has 2 atom stereocenters. The predicted octanol–water partition coefficient (Wildman–Crippen LogP) is 5.11. The monoisotopic (exact) mass is 419 g/mol. The smallest absolute Gasteiger partial charge is 0.188 e. The molecule has 0 aromatic carbocycles. The first-order valence-corrected chi connectivity index (χ1v) is 11.6. The van der Waals surface area contributed by atoms with E-state index in [1.165, 1.54) is 37.0 Å². The van der Waals surface area contributed by atoms with E-state index in [2.05, 4.69) is 32.7 Å². The molecule has 3 heterocycles. The zero-order valence-electron chi connectivity index (χ0n) is 16.8. The maximum atomic E-state index is 10.3. The molecule has 0 aliphatic heterocycles. The molecular formula is C23H25N5OS. The van der Waals surface area contributed by atoms with E-state index in [4.69, 9.17) is 4.98 Å². The van der Waals surface area contributed by atoms with E-state index < -0.39 is 5.60 Å². The number of hydrogen-bond donors (Lipinski definition) is 3. The van der Waals surface area contributed by atoms with Crippen LogP contribution in [0, 0.1) is 5.92 Å². The first-order valence-electron chi connectivity index (χ1n) is 10.8. The quantitative estimate of drug-likeness (QED) is 0.498. The van der Waals surface area contributed by atoms with Crippen molar-refractivity contribution < 1.29 is 5.11 Å². The molecule has 6 nitrogen and oxygen atoms in total. The van der Waals surface area contributed by atoms with Crippen LogP contribution in [0.2, 0.25) is 0 Å². The van der Waals surface area contributed by atoms with Gasteiger partial charge in [0.15, 0.2) is 5.13 Å². The highest BCUT2D eigenvalue weighted by molar-refractivity contribution is 7.15. The van der Waals surface area contributed by atoms with Crippen molar-refractivity contribution in [1.82, 2.24) is 15.0 Å². The second-order valence-electron chi connectivity index (χ2n) is 8.90. The number of rotatable bonds is 5. The summed E-state index contributed by atoms with van der Waals surface area (Å²) in [7, 11) is 0. The van der Waals surface area contributed by atoms with Crippen molar-refractivity contribution in [3.05, 3.63) is 47.1 Å². The number of nitrogens with one attached hydrogen (secondary N) is 2. The van der Waals surface area contributed by atoms with Gasteiger partial charge in [-0.2, -0.15) is 0 Å². The third-order valence-electron chi connectivity index (χ3n) is 6.60. The highest BCUT2D eigenvalue weighted by atomic mass is 32.1. The molecule has 0 saturated heterocycles. The Hall–Kier alpha value is -2.51. The number of fused-ring (bicyclic) bond motifs is 5. The van der Waals surface area contributed by atoms with Gasteiger partial charge < -0.3 is 15.7 Å². The summed E-state index contributed by atoms with van der Waals surface area (Å²) < 4.78 is 0. The number of thiazole rings is 1. The highest BCUT2D eigenvalue weighted by Gasteiger charge is 2.43. The molecule has 4 aliphatic carbocycles. The van der Waals surface area contributed by atoms with Crippen molar-refractivity contribution in [2.45, 2.75) is 56.6 Å². The van der Waals surface area contributed by atoms with Crippen molar-refractivity contribution in [3.63, 3.8) is 0 Å². The van der Waals surface area contributed by atoms with Crippen LogP contribution in [0.1, 0.15) is 49.8 Å². The van der Waals surface area contributed by atoms with E-state index in [-0.39, 0.29) is 0 Å². The Morgan fingerprint density at radius 2 is 2.17 bits per heavy atom. The number of aromatic nitrogens is 3. The molecule has 0 amide bonds. The predicted molar refractivity (Wildman–Crippen MR) is 120 cm³/mol. The molecule has 30 heavy (non-hydrogen) atoms. The summed E-state index contributed by atoms with van der Waals surface area (Å²) in [5.41, 5.74) is 1.84. The van der Waals surface area contributed by atoms with Crippen LogP contribution in [0.5, 0.6) is 0 Å². The number of pyridine rings is 2. The first-order chi connectivity index (χ1) is 14.6. The zero-order valence-corrected chi connectivity index (χ0v) is 17.6. The lowest BCUT2D eigenvalue weighted by Crippen LogP contribution is -2.21. The fraction of sp³-hybridized carbons (Fsp3) is 0.435. The largest absolute Gasteiger partial charge is 0.384 e. The zero-order chi connectivity index (χ0) is 20.1. The van der Waals surface area contributed by atoms with Crippen LogP contribution in [0.25, 0.3) is 10.9 Å². The molecule has 3 aromatic rings. The molecule has 0 spiro atoms. The van der Waals surface area contributed by atoms with Gasteiger partial charge in [-0.15, -0.1) is 0 Å². The van der Waals surface area contributed by atoms with E-state index >= 15 is 0 Å². The number of nitrogens with zero attached hydrogens (tertiary/aromatic N) is 3. The minimum absolute atomic E-state index is 0.410. The Balaban J connectivity index is 1.30. The Kier molecular flexibility index (Phi) is 4.28. The maximum Gasteiger partial charge on any atom is 0.188 e. The van der Waals surface area contributed by atoms with Crippen LogP contribution in [0.3, 0.4) is 0 Å². The van der Waals surface area contributed by atoms with Gasteiger partial charge in [0.05, 0.1) is 10.4 Å². The van der Waals surface area contributed by atoms with Crippen LogP contribution in [0.15, 0.2) is 42.2 Å². The summed E-state index contributed by atoms with van der Waals surface area (Å²) in [6.45, 7) is 0. The van der Waals surface area contributed by atoms with Crippen LogP contribution in [-0.2, 0) is 5.60 Å². The van der Waals surface area contributed by atoms with Gasteiger partial charge in [-0.3, -0.25) is 4.98 Å². The molecule has 2 saturated carbocycles. The van der Waals surface area contributed by atoms with Gasteiger partial charge in [0, 0.05) is 29.9 Å². The number of anilines is 3. The van der Waals surface area contributed by atoms with E-state index in [1.54, 1.807) is 11.8 Å². The third-order valence-corrected chi connectivity index (χ3v) is 7.71. The molecule has 3 N–H and O–H groups in total. The Labute approximate surface area is 179 Å².